The molecule has 0 saturated heterocycles. The maximum absolute atomic E-state index is 13.4. The SMILES string of the molecule is C/C(=N/N)C(=O)c1ccc(Cl)cc1.CCOC(=O)Cc1ncccc1C(F)(F)F.Cc1n[nH]c(=O)c(-c2ncccc2C(F)(F)F)c1-c1ccc(Cl)cc1. The van der Waals surface area contributed by atoms with E-state index < -0.39 is 47.1 Å². The number of Topliss-reactive ketones (excluding diaryl/α,β-unsaturated/α-hetero) is 1. The molecule has 3 heterocycles. The summed E-state index contributed by atoms with van der Waals surface area (Å²) in [5, 5.41) is 10.5. The zero-order chi connectivity index (χ0) is 40.2. The number of pyridine rings is 2. The minimum atomic E-state index is -4.65. The van der Waals surface area contributed by atoms with Crippen molar-refractivity contribution in [3.05, 3.63) is 134 Å². The summed E-state index contributed by atoms with van der Waals surface area (Å²) < 4.78 is 82.1. The summed E-state index contributed by atoms with van der Waals surface area (Å²) in [6.07, 6.45) is -7.20. The molecule has 5 rings (SSSR count). The fourth-order valence-electron chi connectivity index (χ4n) is 4.62. The van der Waals surface area contributed by atoms with Crippen LogP contribution in [0.25, 0.3) is 22.4 Å². The van der Waals surface area contributed by atoms with Gasteiger partial charge in [-0.1, -0.05) is 35.3 Å². The Balaban J connectivity index is 0.000000234. The van der Waals surface area contributed by atoms with Crippen LogP contribution in [0.5, 0.6) is 0 Å². The first-order valence-corrected chi connectivity index (χ1v) is 16.2. The Bertz CT molecular complexity index is 2160. The van der Waals surface area contributed by atoms with Crippen LogP contribution in [0.3, 0.4) is 0 Å². The van der Waals surface area contributed by atoms with Gasteiger partial charge in [0.2, 0.25) is 5.78 Å². The van der Waals surface area contributed by atoms with Crippen molar-refractivity contribution in [2.75, 3.05) is 6.61 Å². The Labute approximate surface area is 314 Å². The number of benzene rings is 2. The predicted octanol–water partition coefficient (Wildman–Crippen LogP) is 8.54. The summed E-state index contributed by atoms with van der Waals surface area (Å²) in [7, 11) is 0. The zero-order valence-electron chi connectivity index (χ0n) is 28.5. The largest absolute Gasteiger partial charge is 0.466 e. The molecule has 0 aliphatic heterocycles. The lowest BCUT2D eigenvalue weighted by atomic mass is 9.95. The van der Waals surface area contributed by atoms with Gasteiger partial charge in [-0.2, -0.15) is 36.5 Å². The van der Waals surface area contributed by atoms with Gasteiger partial charge in [0.05, 0.1) is 46.8 Å². The van der Waals surface area contributed by atoms with Crippen LogP contribution in [0.1, 0.15) is 46.7 Å². The summed E-state index contributed by atoms with van der Waals surface area (Å²) in [4.78, 5) is 42.2. The maximum atomic E-state index is 13.4. The third-order valence-corrected chi connectivity index (χ3v) is 7.59. The summed E-state index contributed by atoms with van der Waals surface area (Å²) in [5.74, 6) is 4.08. The summed E-state index contributed by atoms with van der Waals surface area (Å²) in [5.41, 5.74) is -1.57. The van der Waals surface area contributed by atoms with Crippen molar-refractivity contribution < 1.29 is 40.7 Å². The molecule has 2 aromatic carbocycles. The topological polar surface area (TPSA) is 153 Å². The number of rotatable bonds is 7. The van der Waals surface area contributed by atoms with E-state index in [0.717, 1.165) is 12.1 Å². The highest BCUT2D eigenvalue weighted by Gasteiger charge is 2.36. The Hall–Kier alpha value is -5.61. The number of aryl methyl sites for hydroxylation is 1. The second kappa shape index (κ2) is 18.9. The van der Waals surface area contributed by atoms with Crippen LogP contribution in [0.15, 0.2) is 95.1 Å². The van der Waals surface area contributed by atoms with Crippen LogP contribution in [0.4, 0.5) is 26.3 Å². The summed E-state index contributed by atoms with van der Waals surface area (Å²) in [6, 6.07) is 17.1. The number of aromatic nitrogens is 4. The van der Waals surface area contributed by atoms with Crippen molar-refractivity contribution in [1.82, 2.24) is 20.2 Å². The molecular formula is C36H30Cl2F6N6O4. The molecule has 0 amide bonds. The Morgan fingerprint density at radius 2 is 1.37 bits per heavy atom. The fourth-order valence-corrected chi connectivity index (χ4v) is 4.88. The number of nitrogens with one attached hydrogen (secondary N) is 1. The number of nitrogens with zero attached hydrogens (tertiary/aromatic N) is 4. The van der Waals surface area contributed by atoms with Gasteiger partial charge in [-0.15, -0.1) is 0 Å². The molecule has 0 aliphatic rings. The number of halogens is 8. The zero-order valence-corrected chi connectivity index (χ0v) is 30.0. The molecule has 0 spiro atoms. The quantitative estimate of drug-likeness (QED) is 0.0415. The van der Waals surface area contributed by atoms with Gasteiger partial charge in [0.1, 0.15) is 5.71 Å². The second-order valence-corrected chi connectivity index (χ2v) is 11.7. The van der Waals surface area contributed by atoms with Gasteiger partial charge in [0.15, 0.2) is 0 Å². The molecule has 0 bridgehead atoms. The van der Waals surface area contributed by atoms with E-state index in [1.165, 1.54) is 24.5 Å². The lowest BCUT2D eigenvalue weighted by Crippen LogP contribution is -2.18. The minimum Gasteiger partial charge on any atom is -0.466 e. The van der Waals surface area contributed by atoms with Gasteiger partial charge in [-0.25, -0.2) is 5.10 Å². The molecule has 0 saturated carbocycles. The third-order valence-electron chi connectivity index (χ3n) is 7.09. The normalized spacial score (nSPS) is 11.4. The number of esters is 1. The highest BCUT2D eigenvalue weighted by Crippen LogP contribution is 2.38. The number of hydrazone groups is 1. The smallest absolute Gasteiger partial charge is 0.418 e. The summed E-state index contributed by atoms with van der Waals surface area (Å²) in [6.45, 7) is 4.88. The van der Waals surface area contributed by atoms with Crippen molar-refractivity contribution in [2.24, 2.45) is 10.9 Å². The highest BCUT2D eigenvalue weighted by molar-refractivity contribution is 6.45. The number of alkyl halides is 6. The molecule has 284 valence electrons. The predicted molar refractivity (Wildman–Crippen MR) is 191 cm³/mol. The summed E-state index contributed by atoms with van der Waals surface area (Å²) >= 11 is 11.5. The average Bonchev–Trinajstić information content (AvgIpc) is 3.12. The van der Waals surface area contributed by atoms with Crippen molar-refractivity contribution in [2.45, 2.75) is 39.5 Å². The van der Waals surface area contributed by atoms with Crippen molar-refractivity contribution in [3.8, 4) is 22.4 Å². The molecule has 0 fully saturated rings. The number of hydrogen-bond donors (Lipinski definition) is 2. The van der Waals surface area contributed by atoms with Crippen LogP contribution in [0, 0.1) is 6.92 Å². The van der Waals surface area contributed by atoms with Crippen molar-refractivity contribution in [3.63, 3.8) is 0 Å². The van der Waals surface area contributed by atoms with Crippen LogP contribution in [-0.4, -0.2) is 44.2 Å². The van der Waals surface area contributed by atoms with E-state index in [-0.39, 0.29) is 34.9 Å². The van der Waals surface area contributed by atoms with Gasteiger partial charge in [-0.3, -0.25) is 24.4 Å². The minimum absolute atomic E-state index is 0.132. The fraction of sp³-hybridized carbons (Fsp3) is 0.194. The molecule has 10 nitrogen and oxygen atoms in total. The molecule has 0 atom stereocenters. The number of ether oxygens (including phenoxy) is 1. The first kappa shape index (κ1) is 42.8. The van der Waals surface area contributed by atoms with Gasteiger partial charge in [-0.05, 0) is 87.0 Å². The molecule has 3 N–H and O–H groups in total. The van der Waals surface area contributed by atoms with Crippen LogP contribution >= 0.6 is 23.2 Å². The van der Waals surface area contributed by atoms with E-state index in [2.05, 4.69) is 30.0 Å². The van der Waals surface area contributed by atoms with E-state index in [0.29, 0.717) is 26.9 Å². The van der Waals surface area contributed by atoms with Gasteiger partial charge in [0.25, 0.3) is 5.56 Å². The number of carbonyl (C=O) groups excluding carboxylic acids is 2. The molecule has 18 heteroatoms. The molecule has 0 radical (unpaired) electrons. The van der Waals surface area contributed by atoms with Gasteiger partial charge >= 0.3 is 18.3 Å². The lowest BCUT2D eigenvalue weighted by molar-refractivity contribution is -0.143. The van der Waals surface area contributed by atoms with Crippen LogP contribution < -0.4 is 11.4 Å². The maximum Gasteiger partial charge on any atom is 0.418 e. The monoisotopic (exact) mass is 794 g/mol. The van der Waals surface area contributed by atoms with E-state index >= 15 is 0 Å². The van der Waals surface area contributed by atoms with Crippen LogP contribution in [0.2, 0.25) is 10.0 Å². The van der Waals surface area contributed by atoms with Gasteiger partial charge < -0.3 is 10.6 Å². The average molecular weight is 796 g/mol. The first-order chi connectivity index (χ1) is 25.4. The molecule has 0 unspecified atom stereocenters. The standard InChI is InChI=1S/C17H11ClF3N3O.C10H10F3NO2.C9H9ClN2O/c1-9-13(10-4-6-11(18)7-5-10)14(16(25)24-23-9)15-12(17(19,20)21)3-2-8-22-15;1-2-16-9(15)6-8-7(10(11,12)13)4-3-5-14-8;1-6(12-11)9(13)7-2-4-8(10)5-3-7/h2-8H,1H3,(H,24,25);3-5H,2,6H2,1H3;2-5H,11H2,1H3/b;;12-6-. The second-order valence-electron chi connectivity index (χ2n) is 10.8. The number of hydrogen-bond acceptors (Lipinski definition) is 9. The number of H-pyrrole nitrogens is 1. The molecule has 54 heavy (non-hydrogen) atoms. The molecular weight excluding hydrogens is 765 g/mol. The number of nitrogens with two attached hydrogens (primary N) is 1. The van der Waals surface area contributed by atoms with Gasteiger partial charge in [0, 0.05) is 33.6 Å². The number of carbonyl (C=O) groups is 2. The Kier molecular flexibility index (Phi) is 15.0. The third kappa shape index (κ3) is 11.7. The van der Waals surface area contributed by atoms with E-state index in [1.54, 1.807) is 69.3 Å². The van der Waals surface area contributed by atoms with Crippen molar-refractivity contribution in [1.29, 1.82) is 0 Å². The number of aromatic amines is 1. The Morgan fingerprint density at radius 1 is 0.833 bits per heavy atom. The number of ketones is 1. The van der Waals surface area contributed by atoms with E-state index in [9.17, 15) is 40.7 Å². The lowest BCUT2D eigenvalue weighted by Gasteiger charge is -2.15. The van der Waals surface area contributed by atoms with E-state index in [4.69, 9.17) is 29.0 Å². The van der Waals surface area contributed by atoms with Crippen LogP contribution in [-0.2, 0) is 28.3 Å². The first-order valence-electron chi connectivity index (χ1n) is 15.5. The molecule has 5 aromatic rings. The van der Waals surface area contributed by atoms with Crippen molar-refractivity contribution >= 4 is 40.7 Å². The Morgan fingerprint density at radius 3 is 1.91 bits per heavy atom. The highest BCUT2D eigenvalue weighted by atomic mass is 35.5. The van der Waals surface area contributed by atoms with E-state index in [1.807, 2.05) is 0 Å². The molecule has 3 aromatic heterocycles. The molecule has 0 aliphatic carbocycles.